The largest absolute Gasteiger partial charge is 0.339 e. The van der Waals surface area contributed by atoms with Crippen molar-refractivity contribution in [3.63, 3.8) is 0 Å². The Kier molecular flexibility index (Phi) is 4.36. The summed E-state index contributed by atoms with van der Waals surface area (Å²) in [5.74, 6) is 0.405. The van der Waals surface area contributed by atoms with Gasteiger partial charge >= 0.3 is 0 Å². The maximum absolute atomic E-state index is 12.4. The van der Waals surface area contributed by atoms with Gasteiger partial charge in [0, 0.05) is 23.7 Å². The summed E-state index contributed by atoms with van der Waals surface area (Å²) in [5.41, 5.74) is 0.260. The van der Waals surface area contributed by atoms with Crippen LogP contribution in [-0.2, 0) is 10.0 Å². The number of carbonyl (C=O) groups excluding carboxylic acids is 1. The fourth-order valence-electron chi connectivity index (χ4n) is 2.24. The van der Waals surface area contributed by atoms with Crippen molar-refractivity contribution >= 4 is 27.5 Å². The van der Waals surface area contributed by atoms with Crippen LogP contribution in [0.4, 0.5) is 0 Å². The van der Waals surface area contributed by atoms with Crippen LogP contribution < -0.4 is 5.14 Å². The van der Waals surface area contributed by atoms with Crippen LogP contribution in [0.15, 0.2) is 23.1 Å². The van der Waals surface area contributed by atoms with Gasteiger partial charge in [-0.05, 0) is 37.0 Å². The summed E-state index contributed by atoms with van der Waals surface area (Å²) >= 11 is 5.87. The van der Waals surface area contributed by atoms with E-state index in [1.54, 1.807) is 4.90 Å². The summed E-state index contributed by atoms with van der Waals surface area (Å²) in [7, 11) is -3.88. The smallest absolute Gasteiger partial charge is 0.253 e. The number of likely N-dealkylation sites (tertiary alicyclic amines) is 1. The monoisotopic (exact) mass is 316 g/mol. The van der Waals surface area contributed by atoms with Gasteiger partial charge in [0.1, 0.15) is 0 Å². The van der Waals surface area contributed by atoms with E-state index in [2.05, 4.69) is 6.92 Å². The Bertz CT molecular complexity index is 623. The highest BCUT2D eigenvalue weighted by atomic mass is 35.5. The summed E-state index contributed by atoms with van der Waals surface area (Å²) in [6.07, 6.45) is 1.91. The first kappa shape index (κ1) is 15.3. The maximum atomic E-state index is 12.4. The molecular weight excluding hydrogens is 300 g/mol. The van der Waals surface area contributed by atoms with Crippen LogP contribution in [0.2, 0.25) is 5.02 Å². The molecule has 0 spiro atoms. The highest BCUT2D eigenvalue weighted by molar-refractivity contribution is 7.89. The van der Waals surface area contributed by atoms with Crippen LogP contribution in [0.5, 0.6) is 0 Å². The lowest BCUT2D eigenvalue weighted by atomic mass is 9.98. The number of hydrogen-bond acceptors (Lipinski definition) is 3. The van der Waals surface area contributed by atoms with Crippen LogP contribution in [0.1, 0.15) is 30.1 Å². The molecule has 1 aliphatic heterocycles. The summed E-state index contributed by atoms with van der Waals surface area (Å²) < 4.78 is 22.7. The molecule has 110 valence electrons. The molecule has 1 aliphatic rings. The second kappa shape index (κ2) is 5.71. The Morgan fingerprint density at radius 2 is 1.90 bits per heavy atom. The van der Waals surface area contributed by atoms with Crippen molar-refractivity contribution in [3.8, 4) is 0 Å². The van der Waals surface area contributed by atoms with Crippen molar-refractivity contribution in [1.82, 2.24) is 4.90 Å². The predicted molar refractivity (Wildman–Crippen MR) is 77.1 cm³/mol. The molecule has 0 aromatic heterocycles. The molecule has 5 nitrogen and oxygen atoms in total. The molecule has 1 aromatic carbocycles. The number of hydrogen-bond donors (Lipinski definition) is 1. The van der Waals surface area contributed by atoms with E-state index in [0.29, 0.717) is 19.0 Å². The van der Waals surface area contributed by atoms with E-state index in [4.69, 9.17) is 16.7 Å². The van der Waals surface area contributed by atoms with Gasteiger partial charge in [0.15, 0.2) is 0 Å². The number of primary sulfonamides is 1. The number of benzene rings is 1. The molecule has 1 saturated heterocycles. The van der Waals surface area contributed by atoms with Crippen LogP contribution in [0, 0.1) is 5.92 Å². The SMILES string of the molecule is CC1CCN(C(=O)c2cc(Cl)cc(S(N)(=O)=O)c2)CC1. The Labute approximate surface area is 123 Å². The lowest BCUT2D eigenvalue weighted by Gasteiger charge is -2.30. The topological polar surface area (TPSA) is 80.5 Å². The average Bonchev–Trinajstić information content (AvgIpc) is 2.37. The molecule has 2 N–H and O–H groups in total. The van der Waals surface area contributed by atoms with E-state index < -0.39 is 10.0 Å². The minimum atomic E-state index is -3.88. The van der Waals surface area contributed by atoms with Gasteiger partial charge in [-0.3, -0.25) is 4.79 Å². The highest BCUT2D eigenvalue weighted by Crippen LogP contribution is 2.22. The number of rotatable bonds is 2. The quantitative estimate of drug-likeness (QED) is 0.904. The molecule has 7 heteroatoms. The fraction of sp³-hybridized carbons (Fsp3) is 0.462. The second-order valence-electron chi connectivity index (χ2n) is 5.20. The van der Waals surface area contributed by atoms with E-state index in [0.717, 1.165) is 12.8 Å². The standard InChI is InChI=1S/C13H17ClN2O3S/c1-9-2-4-16(5-3-9)13(17)10-6-11(14)8-12(7-10)20(15,18)19/h6-9H,2-5H2,1H3,(H2,15,18,19). The van der Waals surface area contributed by atoms with E-state index >= 15 is 0 Å². The van der Waals surface area contributed by atoms with Crippen molar-refractivity contribution in [3.05, 3.63) is 28.8 Å². The zero-order valence-electron chi connectivity index (χ0n) is 11.2. The molecule has 1 heterocycles. The maximum Gasteiger partial charge on any atom is 0.253 e. The van der Waals surface area contributed by atoms with E-state index in [1.807, 2.05) is 0 Å². The third-order valence-electron chi connectivity index (χ3n) is 3.52. The molecule has 1 amide bonds. The molecular formula is C13H17ClN2O3S. The summed E-state index contributed by atoms with van der Waals surface area (Å²) in [5, 5.41) is 5.27. The predicted octanol–water partition coefficient (Wildman–Crippen LogP) is 1.86. The van der Waals surface area contributed by atoms with Gasteiger partial charge in [-0.2, -0.15) is 0 Å². The van der Waals surface area contributed by atoms with Gasteiger partial charge < -0.3 is 4.90 Å². The third-order valence-corrected chi connectivity index (χ3v) is 4.63. The number of carbonyl (C=O) groups is 1. The zero-order valence-corrected chi connectivity index (χ0v) is 12.7. The van der Waals surface area contributed by atoms with Gasteiger partial charge in [-0.25, -0.2) is 13.6 Å². The van der Waals surface area contributed by atoms with Gasteiger partial charge in [-0.1, -0.05) is 18.5 Å². The first-order chi connectivity index (χ1) is 9.27. The molecule has 1 fully saturated rings. The van der Waals surface area contributed by atoms with E-state index in [9.17, 15) is 13.2 Å². The second-order valence-corrected chi connectivity index (χ2v) is 7.19. The Morgan fingerprint density at radius 3 is 2.45 bits per heavy atom. The molecule has 0 saturated carbocycles. The number of amides is 1. The number of halogens is 1. The molecule has 0 radical (unpaired) electrons. The minimum absolute atomic E-state index is 0.140. The van der Waals surface area contributed by atoms with Crippen LogP contribution in [-0.4, -0.2) is 32.3 Å². The summed E-state index contributed by atoms with van der Waals surface area (Å²) in [6.45, 7) is 3.51. The van der Waals surface area contributed by atoms with E-state index in [1.165, 1.54) is 18.2 Å². The van der Waals surface area contributed by atoms with Crippen molar-refractivity contribution in [2.45, 2.75) is 24.7 Å². The zero-order chi connectivity index (χ0) is 14.9. The number of sulfonamides is 1. The molecule has 0 bridgehead atoms. The van der Waals surface area contributed by atoms with Crippen molar-refractivity contribution in [2.75, 3.05) is 13.1 Å². The van der Waals surface area contributed by atoms with Gasteiger partial charge in [0.05, 0.1) is 4.90 Å². The lowest BCUT2D eigenvalue weighted by molar-refractivity contribution is 0.0697. The molecule has 1 aromatic rings. The van der Waals surface area contributed by atoms with Crippen molar-refractivity contribution < 1.29 is 13.2 Å². The Balaban J connectivity index is 2.28. The third kappa shape index (κ3) is 3.50. The minimum Gasteiger partial charge on any atom is -0.339 e. The normalized spacial score (nSPS) is 17.2. The lowest BCUT2D eigenvalue weighted by Crippen LogP contribution is -2.38. The molecule has 0 atom stereocenters. The van der Waals surface area contributed by atoms with Crippen LogP contribution in [0.25, 0.3) is 0 Å². The molecule has 2 rings (SSSR count). The fourth-order valence-corrected chi connectivity index (χ4v) is 3.13. The number of nitrogens with two attached hydrogens (primary N) is 1. The summed E-state index contributed by atoms with van der Waals surface area (Å²) in [4.78, 5) is 14.0. The van der Waals surface area contributed by atoms with Gasteiger partial charge in [-0.15, -0.1) is 0 Å². The first-order valence-electron chi connectivity index (χ1n) is 6.40. The number of nitrogens with zero attached hydrogens (tertiary/aromatic N) is 1. The molecule has 0 aliphatic carbocycles. The van der Waals surface area contributed by atoms with Gasteiger partial charge in [0.2, 0.25) is 10.0 Å². The molecule has 20 heavy (non-hydrogen) atoms. The first-order valence-corrected chi connectivity index (χ1v) is 8.32. The van der Waals surface area contributed by atoms with Gasteiger partial charge in [0.25, 0.3) is 5.91 Å². The highest BCUT2D eigenvalue weighted by Gasteiger charge is 2.23. The Hall–Kier alpha value is -1.11. The molecule has 0 unspecified atom stereocenters. The van der Waals surface area contributed by atoms with Crippen LogP contribution >= 0.6 is 11.6 Å². The average molecular weight is 317 g/mol. The van der Waals surface area contributed by atoms with Crippen LogP contribution in [0.3, 0.4) is 0 Å². The Morgan fingerprint density at radius 1 is 1.30 bits per heavy atom. The summed E-state index contributed by atoms with van der Waals surface area (Å²) in [6, 6.07) is 3.99. The number of piperidine rings is 1. The van der Waals surface area contributed by atoms with Crippen molar-refractivity contribution in [2.24, 2.45) is 11.1 Å². The van der Waals surface area contributed by atoms with E-state index in [-0.39, 0.29) is 21.4 Å². The van der Waals surface area contributed by atoms with Crippen molar-refractivity contribution in [1.29, 1.82) is 0 Å².